The summed E-state index contributed by atoms with van der Waals surface area (Å²) in [5, 5.41) is 0. The van der Waals surface area contributed by atoms with E-state index < -0.39 is 29.3 Å². The minimum absolute atomic E-state index is 0.257. The number of hydrogen-bond donors (Lipinski definition) is 1. The highest BCUT2D eigenvalue weighted by Crippen LogP contribution is 2.45. The van der Waals surface area contributed by atoms with Crippen LogP contribution >= 0.6 is 31.0 Å². The van der Waals surface area contributed by atoms with Crippen molar-refractivity contribution in [1.29, 1.82) is 0 Å². The summed E-state index contributed by atoms with van der Waals surface area (Å²) in [5.74, 6) is 0.257. The predicted molar refractivity (Wildman–Crippen MR) is 65.0 cm³/mol. The number of rotatable bonds is 8. The van der Waals surface area contributed by atoms with Gasteiger partial charge in [0.2, 0.25) is 10.3 Å². The van der Waals surface area contributed by atoms with Gasteiger partial charge in [-0.15, -0.1) is 6.58 Å². The molecule has 4 unspecified atom stereocenters. The molecule has 96 valence electrons. The van der Waals surface area contributed by atoms with E-state index in [2.05, 4.69) is 15.6 Å². The normalized spacial score (nSPS) is 20.8. The van der Waals surface area contributed by atoms with E-state index in [1.807, 2.05) is 0 Å². The highest BCUT2D eigenvalue weighted by Gasteiger charge is 2.34. The second kappa shape index (κ2) is 7.95. The summed E-state index contributed by atoms with van der Waals surface area (Å²) in [6, 6.07) is 0. The summed E-state index contributed by atoms with van der Waals surface area (Å²) in [6.45, 7) is 3.46. The maximum Gasteiger partial charge on any atom is 0.473 e. The molecule has 0 rings (SSSR count). The standard InChI is InChI=1S/C7H13Cl2O5PS/c1-3-4-5-16(12)7(9)6(8)14-15(10,11)13-2/h3,6-7H,1,4-5H2,2H3,(H,10,11). The first-order valence-corrected chi connectivity index (χ1v) is 7.92. The van der Waals surface area contributed by atoms with Crippen molar-refractivity contribution in [2.45, 2.75) is 16.7 Å². The summed E-state index contributed by atoms with van der Waals surface area (Å²) in [6.07, 6.45) is 2.08. The Bertz CT molecular complexity index is 267. The van der Waals surface area contributed by atoms with E-state index >= 15 is 0 Å². The third-order valence-corrected chi connectivity index (χ3v) is 5.36. The third-order valence-electron chi connectivity index (χ3n) is 1.44. The third kappa shape index (κ3) is 6.47. The van der Waals surface area contributed by atoms with Crippen molar-refractivity contribution in [2.24, 2.45) is 0 Å². The van der Waals surface area contributed by atoms with Gasteiger partial charge < -0.3 is 9.45 Å². The van der Waals surface area contributed by atoms with Crippen molar-refractivity contribution < 1.29 is 23.1 Å². The van der Waals surface area contributed by atoms with Crippen LogP contribution in [0.3, 0.4) is 0 Å². The molecule has 1 N–H and O–H groups in total. The molecule has 0 aliphatic carbocycles. The summed E-state index contributed by atoms with van der Waals surface area (Å²) in [5.41, 5.74) is -1.37. The minimum atomic E-state index is -4.22. The lowest BCUT2D eigenvalue weighted by molar-refractivity contribution is 0.162. The van der Waals surface area contributed by atoms with E-state index in [0.29, 0.717) is 6.42 Å². The fraction of sp³-hybridized carbons (Fsp3) is 0.714. The van der Waals surface area contributed by atoms with Crippen LogP contribution in [0.5, 0.6) is 0 Å². The first-order valence-electron chi connectivity index (χ1n) is 4.17. The van der Waals surface area contributed by atoms with Crippen LogP contribution in [0.25, 0.3) is 0 Å². The van der Waals surface area contributed by atoms with Crippen molar-refractivity contribution in [1.82, 2.24) is 0 Å². The molecule has 0 aromatic heterocycles. The van der Waals surface area contributed by atoms with E-state index in [1.165, 1.54) is 0 Å². The van der Waals surface area contributed by atoms with Crippen LogP contribution in [-0.4, -0.2) is 32.6 Å². The number of phosphoric acid groups is 1. The van der Waals surface area contributed by atoms with Gasteiger partial charge in [0.1, 0.15) is 5.75 Å². The predicted octanol–water partition coefficient (Wildman–Crippen LogP) is 2.20. The molecule has 0 radical (unpaired) electrons. The molecule has 0 aliphatic rings. The number of alkyl halides is 2. The van der Waals surface area contributed by atoms with E-state index in [4.69, 9.17) is 28.1 Å². The van der Waals surface area contributed by atoms with Gasteiger partial charge in [-0.25, -0.2) is 4.57 Å². The second-order valence-electron chi connectivity index (χ2n) is 2.62. The van der Waals surface area contributed by atoms with E-state index in [1.54, 1.807) is 6.08 Å². The van der Waals surface area contributed by atoms with Crippen LogP contribution in [0, 0.1) is 0 Å². The van der Waals surface area contributed by atoms with Crippen molar-refractivity contribution in [3.05, 3.63) is 12.7 Å². The van der Waals surface area contributed by atoms with Crippen LogP contribution in [0.4, 0.5) is 0 Å². The summed E-state index contributed by atoms with van der Waals surface area (Å²) in [7, 11) is -3.23. The number of hydrogen-bond acceptors (Lipinski definition) is 4. The fourth-order valence-corrected chi connectivity index (χ4v) is 3.15. The Morgan fingerprint density at radius 2 is 2.25 bits per heavy atom. The van der Waals surface area contributed by atoms with Gasteiger partial charge in [-0.3, -0.25) is 9.05 Å². The molecular formula is C7H13Cl2O5PS. The zero-order chi connectivity index (χ0) is 12.8. The van der Waals surface area contributed by atoms with Gasteiger partial charge in [0.05, 0.1) is 0 Å². The van der Waals surface area contributed by atoms with Gasteiger partial charge >= 0.3 is 7.82 Å². The van der Waals surface area contributed by atoms with Crippen molar-refractivity contribution in [3.63, 3.8) is 0 Å². The molecule has 0 heterocycles. The van der Waals surface area contributed by atoms with Crippen LogP contribution in [0.1, 0.15) is 6.42 Å². The molecule has 0 aliphatic heterocycles. The fourth-order valence-electron chi connectivity index (χ4n) is 0.650. The molecule has 0 amide bonds. The lowest BCUT2D eigenvalue weighted by Gasteiger charge is -2.21. The second-order valence-corrected chi connectivity index (χ2v) is 6.97. The van der Waals surface area contributed by atoms with E-state index in [9.17, 15) is 9.12 Å². The Hall–Kier alpha value is 0.740. The maximum atomic E-state index is 11.5. The number of allylic oxidation sites excluding steroid dienone is 1. The molecule has 0 aromatic rings. The Labute approximate surface area is 108 Å². The molecule has 0 fully saturated rings. The van der Waals surface area contributed by atoms with Crippen LogP contribution in [-0.2, 0) is 24.8 Å². The van der Waals surface area contributed by atoms with E-state index in [0.717, 1.165) is 7.11 Å². The number of halogens is 2. The number of phosphoric ester groups is 1. The van der Waals surface area contributed by atoms with E-state index in [-0.39, 0.29) is 5.75 Å². The molecule has 9 heteroatoms. The van der Waals surface area contributed by atoms with Gasteiger partial charge in [0.15, 0.2) is 0 Å². The van der Waals surface area contributed by atoms with Crippen molar-refractivity contribution in [2.75, 3.05) is 12.9 Å². The van der Waals surface area contributed by atoms with Crippen molar-refractivity contribution >= 4 is 42.2 Å². The summed E-state index contributed by atoms with van der Waals surface area (Å²) < 4.78 is 30.0. The summed E-state index contributed by atoms with van der Waals surface area (Å²) >= 11 is 9.80. The topological polar surface area (TPSA) is 78.8 Å². The molecule has 16 heavy (non-hydrogen) atoms. The highest BCUT2D eigenvalue weighted by molar-refractivity contribution is 7.93. The monoisotopic (exact) mass is 310 g/mol. The molecule has 5 nitrogen and oxygen atoms in total. The maximum absolute atomic E-state index is 11.5. The first kappa shape index (κ1) is 16.7. The van der Waals surface area contributed by atoms with Gasteiger partial charge in [-0.1, -0.05) is 29.3 Å². The molecular weight excluding hydrogens is 298 g/mol. The first-order chi connectivity index (χ1) is 7.34. The lowest BCUT2D eigenvalue weighted by atomic mass is 10.5. The SMILES string of the molecule is C=CCC[S+]([O-])C(Cl)C(Cl)OP(=O)(O)OC. The molecule has 0 bridgehead atoms. The largest absolute Gasteiger partial charge is 0.615 e. The van der Waals surface area contributed by atoms with Gasteiger partial charge in [-0.05, 0) is 11.2 Å². The quantitative estimate of drug-likeness (QED) is 0.322. The smallest absolute Gasteiger partial charge is 0.473 e. The van der Waals surface area contributed by atoms with Gasteiger partial charge in [0, 0.05) is 13.5 Å². The van der Waals surface area contributed by atoms with Gasteiger partial charge in [-0.2, -0.15) is 0 Å². The zero-order valence-electron chi connectivity index (χ0n) is 8.54. The Kier molecular flexibility index (Phi) is 8.32. The molecule has 0 spiro atoms. The zero-order valence-corrected chi connectivity index (χ0v) is 11.8. The van der Waals surface area contributed by atoms with Crippen LogP contribution in [0.2, 0.25) is 0 Å². The molecule has 0 saturated heterocycles. The minimum Gasteiger partial charge on any atom is -0.615 e. The highest BCUT2D eigenvalue weighted by atomic mass is 35.5. The average Bonchev–Trinajstić information content (AvgIpc) is 2.24. The Morgan fingerprint density at radius 1 is 1.69 bits per heavy atom. The molecule has 0 aromatic carbocycles. The molecule has 0 saturated carbocycles. The summed E-state index contributed by atoms with van der Waals surface area (Å²) in [4.78, 5) is 8.95. The molecule has 4 atom stereocenters. The van der Waals surface area contributed by atoms with Gasteiger partial charge in [0.25, 0.3) is 0 Å². The van der Waals surface area contributed by atoms with Crippen molar-refractivity contribution in [3.8, 4) is 0 Å². The van der Waals surface area contributed by atoms with Crippen LogP contribution < -0.4 is 0 Å². The average molecular weight is 311 g/mol. The van der Waals surface area contributed by atoms with Crippen LogP contribution in [0.15, 0.2) is 12.7 Å². The Balaban J connectivity index is 4.21. The lowest BCUT2D eigenvalue weighted by Crippen LogP contribution is -2.29. The Morgan fingerprint density at radius 3 is 2.69 bits per heavy atom.